The normalized spacial score (nSPS) is 10.4. The summed E-state index contributed by atoms with van der Waals surface area (Å²) in [4.78, 5) is 12.4. The molecule has 0 saturated carbocycles. The highest BCUT2D eigenvalue weighted by Gasteiger charge is 2.11. The lowest BCUT2D eigenvalue weighted by molar-refractivity contribution is 0.578. The minimum Gasteiger partial charge on any atom is -0.371 e. The van der Waals surface area contributed by atoms with E-state index < -0.39 is 11.6 Å². The summed E-state index contributed by atoms with van der Waals surface area (Å²) >= 11 is 0. The maximum atomic E-state index is 13.7. The van der Waals surface area contributed by atoms with Crippen LogP contribution in [0.1, 0.15) is 5.56 Å². The van der Waals surface area contributed by atoms with Crippen molar-refractivity contribution in [2.24, 2.45) is 0 Å². The zero-order valence-corrected chi connectivity index (χ0v) is 11.9. The fourth-order valence-corrected chi connectivity index (χ4v) is 2.03. The maximum absolute atomic E-state index is 13.7. The van der Waals surface area contributed by atoms with Gasteiger partial charge in [-0.15, -0.1) is 12.4 Å². The lowest BCUT2D eigenvalue weighted by atomic mass is 10.2. The van der Waals surface area contributed by atoms with Gasteiger partial charge in [0.1, 0.15) is 23.5 Å². The summed E-state index contributed by atoms with van der Waals surface area (Å²) in [6.07, 6.45) is 2.93. The number of rotatable bonds is 3. The molecule has 0 aliphatic heterocycles. The van der Waals surface area contributed by atoms with E-state index in [1.807, 2.05) is 0 Å². The van der Waals surface area contributed by atoms with E-state index in [4.69, 9.17) is 0 Å². The Hall–Kier alpha value is -2.28. The monoisotopic (exact) mass is 311 g/mol. The third-order valence-electron chi connectivity index (χ3n) is 2.99. The van der Waals surface area contributed by atoms with Crippen LogP contribution in [0.3, 0.4) is 0 Å². The molecule has 0 saturated heterocycles. The minimum absolute atomic E-state index is 0. The van der Waals surface area contributed by atoms with Crippen LogP contribution in [0, 0.1) is 11.6 Å². The highest BCUT2D eigenvalue weighted by Crippen LogP contribution is 2.19. The van der Waals surface area contributed by atoms with E-state index in [1.165, 1.54) is 18.7 Å². The Kier molecular flexibility index (Phi) is 4.32. The second-order valence-electron chi connectivity index (χ2n) is 4.25. The predicted octanol–water partition coefficient (Wildman–Crippen LogP) is 2.62. The first-order chi connectivity index (χ1) is 9.69. The Bertz CT molecular complexity index is 774. The van der Waals surface area contributed by atoms with Crippen molar-refractivity contribution in [3.8, 4) is 0 Å². The largest absolute Gasteiger partial charge is 0.371 e. The number of imidazole rings is 1. The molecule has 0 atom stereocenters. The van der Waals surface area contributed by atoms with Crippen LogP contribution in [0.2, 0.25) is 0 Å². The van der Waals surface area contributed by atoms with Gasteiger partial charge >= 0.3 is 0 Å². The highest BCUT2D eigenvalue weighted by atomic mass is 35.5. The van der Waals surface area contributed by atoms with Crippen LogP contribution in [0.25, 0.3) is 11.2 Å². The average molecular weight is 312 g/mol. The van der Waals surface area contributed by atoms with Gasteiger partial charge in [-0.25, -0.2) is 23.7 Å². The number of anilines is 1. The molecule has 110 valence electrons. The van der Waals surface area contributed by atoms with Crippen molar-refractivity contribution in [1.82, 2.24) is 19.5 Å². The van der Waals surface area contributed by atoms with Crippen LogP contribution < -0.4 is 5.32 Å². The second kappa shape index (κ2) is 6.01. The van der Waals surface area contributed by atoms with E-state index in [2.05, 4.69) is 20.3 Å². The van der Waals surface area contributed by atoms with E-state index in [-0.39, 0.29) is 24.5 Å². The number of hydrogen-bond acceptors (Lipinski definition) is 4. The number of halogens is 3. The molecule has 2 aromatic heterocycles. The number of benzene rings is 1. The Morgan fingerprint density at radius 1 is 1.19 bits per heavy atom. The molecular formula is C13H12ClF2N5. The van der Waals surface area contributed by atoms with Crippen LogP contribution in [0.4, 0.5) is 14.6 Å². The first kappa shape index (κ1) is 15.1. The second-order valence-corrected chi connectivity index (χ2v) is 4.25. The molecule has 8 heteroatoms. The molecule has 2 heterocycles. The lowest BCUT2D eigenvalue weighted by Crippen LogP contribution is -2.03. The molecule has 0 spiro atoms. The fourth-order valence-electron chi connectivity index (χ4n) is 2.03. The summed E-state index contributed by atoms with van der Waals surface area (Å²) in [6.45, 7) is 0.153. The van der Waals surface area contributed by atoms with Crippen molar-refractivity contribution in [3.05, 3.63) is 48.1 Å². The first-order valence-corrected chi connectivity index (χ1v) is 5.96. The third-order valence-corrected chi connectivity index (χ3v) is 2.99. The summed E-state index contributed by atoms with van der Waals surface area (Å²) in [5.41, 5.74) is 1.40. The van der Waals surface area contributed by atoms with Crippen molar-refractivity contribution in [2.75, 3.05) is 12.4 Å². The summed E-state index contributed by atoms with van der Waals surface area (Å²) in [7, 11) is 1.73. The van der Waals surface area contributed by atoms with E-state index in [1.54, 1.807) is 11.6 Å². The van der Waals surface area contributed by atoms with E-state index >= 15 is 0 Å². The number of nitrogens with one attached hydrogen (secondary N) is 1. The van der Waals surface area contributed by atoms with Crippen molar-refractivity contribution >= 4 is 29.4 Å². The number of fused-ring (bicyclic) bond motifs is 1. The fraction of sp³-hybridized carbons (Fsp3) is 0.154. The number of aromatic nitrogens is 4. The molecule has 0 bridgehead atoms. The van der Waals surface area contributed by atoms with Crippen LogP contribution in [-0.4, -0.2) is 26.6 Å². The molecule has 5 nitrogen and oxygen atoms in total. The van der Waals surface area contributed by atoms with Gasteiger partial charge in [-0.1, -0.05) is 0 Å². The van der Waals surface area contributed by atoms with Gasteiger partial charge < -0.3 is 9.88 Å². The zero-order valence-electron chi connectivity index (χ0n) is 11.0. The molecule has 21 heavy (non-hydrogen) atoms. The summed E-state index contributed by atoms with van der Waals surface area (Å²) < 4.78 is 28.5. The van der Waals surface area contributed by atoms with Gasteiger partial charge in [0.2, 0.25) is 0 Å². The third kappa shape index (κ3) is 2.78. The Morgan fingerprint density at radius 2 is 2.00 bits per heavy atom. The summed E-state index contributed by atoms with van der Waals surface area (Å²) in [5, 5.41) is 2.91. The molecule has 0 amide bonds. The van der Waals surface area contributed by atoms with Crippen molar-refractivity contribution in [3.63, 3.8) is 0 Å². The van der Waals surface area contributed by atoms with Crippen LogP contribution in [0.15, 0.2) is 30.9 Å². The van der Waals surface area contributed by atoms with Crippen LogP contribution in [0.5, 0.6) is 0 Å². The number of nitrogens with zero attached hydrogens (tertiary/aromatic N) is 4. The average Bonchev–Trinajstić information content (AvgIpc) is 2.86. The molecule has 0 aliphatic carbocycles. The summed E-state index contributed by atoms with van der Waals surface area (Å²) in [5.74, 6) is -0.346. The molecule has 3 aromatic rings. The van der Waals surface area contributed by atoms with Crippen molar-refractivity contribution in [2.45, 2.75) is 6.54 Å². The SMILES string of the molecule is CNc1ncnc2c1ncn2Cc1cc(F)ccc1F.Cl. The zero-order chi connectivity index (χ0) is 14.1. The van der Waals surface area contributed by atoms with Gasteiger partial charge in [0, 0.05) is 12.6 Å². The molecule has 0 aliphatic rings. The highest BCUT2D eigenvalue weighted by molar-refractivity contribution is 5.85. The standard InChI is InChI=1S/C13H11F2N5.ClH/c1-16-12-11-13(18-6-17-12)20(7-19-11)5-8-4-9(14)2-3-10(8)15;/h2-4,6-7H,5H2,1H3,(H,16,17,18);1H. The quantitative estimate of drug-likeness (QED) is 0.808. The maximum Gasteiger partial charge on any atom is 0.165 e. The molecule has 1 N–H and O–H groups in total. The van der Waals surface area contributed by atoms with E-state index in [9.17, 15) is 8.78 Å². The molecule has 3 rings (SSSR count). The lowest BCUT2D eigenvalue weighted by Gasteiger charge is -2.06. The van der Waals surface area contributed by atoms with E-state index in [0.29, 0.717) is 17.0 Å². The van der Waals surface area contributed by atoms with Crippen molar-refractivity contribution in [1.29, 1.82) is 0 Å². The van der Waals surface area contributed by atoms with Crippen LogP contribution in [-0.2, 0) is 6.54 Å². The van der Waals surface area contributed by atoms with Crippen molar-refractivity contribution < 1.29 is 8.78 Å². The predicted molar refractivity (Wildman–Crippen MR) is 77.6 cm³/mol. The molecule has 0 fully saturated rings. The molecule has 0 radical (unpaired) electrons. The Morgan fingerprint density at radius 3 is 2.76 bits per heavy atom. The Balaban J connectivity index is 0.00000161. The van der Waals surface area contributed by atoms with Crippen LogP contribution >= 0.6 is 12.4 Å². The molecular weight excluding hydrogens is 300 g/mol. The van der Waals surface area contributed by atoms with Gasteiger partial charge in [-0.3, -0.25) is 0 Å². The molecule has 1 aromatic carbocycles. The number of hydrogen-bond donors (Lipinski definition) is 1. The van der Waals surface area contributed by atoms with Gasteiger partial charge in [-0.2, -0.15) is 0 Å². The van der Waals surface area contributed by atoms with Gasteiger partial charge in [0.05, 0.1) is 12.9 Å². The van der Waals surface area contributed by atoms with E-state index in [0.717, 1.165) is 12.1 Å². The van der Waals surface area contributed by atoms with Gasteiger partial charge in [-0.05, 0) is 18.2 Å². The Labute approximate surface area is 125 Å². The summed E-state index contributed by atoms with van der Waals surface area (Å²) in [6, 6.07) is 3.37. The molecule has 0 unspecified atom stereocenters. The smallest absolute Gasteiger partial charge is 0.165 e. The van der Waals surface area contributed by atoms with Gasteiger partial charge in [0.15, 0.2) is 11.5 Å². The topological polar surface area (TPSA) is 55.6 Å². The van der Waals surface area contributed by atoms with Gasteiger partial charge in [0.25, 0.3) is 0 Å². The first-order valence-electron chi connectivity index (χ1n) is 5.96. The minimum atomic E-state index is -0.476.